The molecule has 0 spiro atoms. The molecule has 5 fully saturated rings. The van der Waals surface area contributed by atoms with Gasteiger partial charge in [-0.3, -0.25) is 0 Å². The second kappa shape index (κ2) is 9.95. The van der Waals surface area contributed by atoms with Crippen LogP contribution < -0.4 is 0 Å². The number of benzene rings is 1. The molecule has 4 aliphatic carbocycles. The van der Waals surface area contributed by atoms with E-state index < -0.39 is 8.32 Å². The average Bonchev–Trinajstić information content (AvgIpc) is 3.57. The summed E-state index contributed by atoms with van der Waals surface area (Å²) in [6.07, 6.45) is 11.0. The largest absolute Gasteiger partial charge is 0.414 e. The number of rotatable bonds is 7. The molecule has 1 aromatic carbocycles. The van der Waals surface area contributed by atoms with E-state index >= 15 is 0 Å². The zero-order valence-electron chi connectivity index (χ0n) is 26.2. The van der Waals surface area contributed by atoms with Crippen molar-refractivity contribution in [1.29, 1.82) is 0 Å². The molecule has 1 unspecified atom stereocenters. The van der Waals surface area contributed by atoms with Crippen LogP contribution in [0.1, 0.15) is 92.1 Å². The SMILES string of the molecule is C[C@H](COCc1ccccc1)[C@H]1[C@@H]2O[C@@H]2[C@H]2[C@@H]3CCC4C[C@@H](O[Si](C)(C)C(C)(C)C)CC[C@]4(C)[C@H]3CC[C@@]21C. The lowest BCUT2D eigenvalue weighted by atomic mass is 9.44. The minimum atomic E-state index is -1.71. The highest BCUT2D eigenvalue weighted by molar-refractivity contribution is 6.74. The second-order valence-electron chi connectivity index (χ2n) is 16.5. The molecule has 1 aromatic rings. The molecule has 218 valence electrons. The Kier molecular flexibility index (Phi) is 7.26. The highest BCUT2D eigenvalue weighted by Crippen LogP contribution is 2.72. The van der Waals surface area contributed by atoms with Crippen LogP contribution in [0, 0.1) is 46.3 Å². The van der Waals surface area contributed by atoms with Crippen molar-refractivity contribution in [2.45, 2.75) is 130 Å². The summed E-state index contributed by atoms with van der Waals surface area (Å²) in [4.78, 5) is 0. The van der Waals surface area contributed by atoms with Gasteiger partial charge in [0.05, 0.1) is 18.8 Å². The van der Waals surface area contributed by atoms with Gasteiger partial charge in [0, 0.05) is 12.7 Å². The summed E-state index contributed by atoms with van der Waals surface area (Å²) >= 11 is 0. The van der Waals surface area contributed by atoms with E-state index in [-0.39, 0.29) is 0 Å². The summed E-state index contributed by atoms with van der Waals surface area (Å²) in [5, 5.41) is 0.294. The van der Waals surface area contributed by atoms with Crippen molar-refractivity contribution in [2.24, 2.45) is 46.3 Å². The molecule has 1 aliphatic heterocycles. The molecule has 0 aromatic heterocycles. The Morgan fingerprint density at radius 2 is 1.69 bits per heavy atom. The van der Waals surface area contributed by atoms with Crippen LogP contribution in [-0.2, 0) is 20.5 Å². The first-order valence-corrected chi connectivity index (χ1v) is 19.2. The van der Waals surface area contributed by atoms with Crippen molar-refractivity contribution in [2.75, 3.05) is 6.61 Å². The van der Waals surface area contributed by atoms with Gasteiger partial charge in [-0.25, -0.2) is 0 Å². The minimum Gasteiger partial charge on any atom is -0.414 e. The van der Waals surface area contributed by atoms with Gasteiger partial charge in [0.15, 0.2) is 8.32 Å². The van der Waals surface area contributed by atoms with Crippen LogP contribution in [0.15, 0.2) is 30.3 Å². The fourth-order valence-electron chi connectivity index (χ4n) is 10.3. The Balaban J connectivity index is 1.12. The zero-order valence-corrected chi connectivity index (χ0v) is 27.2. The number of fused-ring (bicyclic) bond motifs is 7. The molecule has 11 atom stereocenters. The summed E-state index contributed by atoms with van der Waals surface area (Å²) in [5.41, 5.74) is 2.18. The maximum atomic E-state index is 6.99. The third-order valence-corrected chi connectivity index (χ3v) is 17.9. The molecule has 1 heterocycles. The zero-order chi connectivity index (χ0) is 27.8. The molecule has 5 aliphatic rings. The summed E-state index contributed by atoms with van der Waals surface area (Å²) in [6.45, 7) is 21.4. The Morgan fingerprint density at radius 1 is 0.974 bits per heavy atom. The van der Waals surface area contributed by atoms with Crippen molar-refractivity contribution in [3.8, 4) is 0 Å². The summed E-state index contributed by atoms with van der Waals surface area (Å²) in [6, 6.07) is 10.6. The normalized spacial score (nSPS) is 44.1. The van der Waals surface area contributed by atoms with Crippen molar-refractivity contribution in [3.63, 3.8) is 0 Å². The molecular weight excluding hydrogens is 496 g/mol. The van der Waals surface area contributed by atoms with E-state index in [0.717, 1.165) is 36.9 Å². The molecule has 39 heavy (non-hydrogen) atoms. The van der Waals surface area contributed by atoms with E-state index in [9.17, 15) is 0 Å². The molecule has 1 saturated heterocycles. The van der Waals surface area contributed by atoms with Crippen molar-refractivity contribution in [1.82, 2.24) is 0 Å². The molecule has 4 heteroatoms. The van der Waals surface area contributed by atoms with Crippen LogP contribution in [0.25, 0.3) is 0 Å². The average molecular weight is 553 g/mol. The van der Waals surface area contributed by atoms with Crippen LogP contribution in [0.2, 0.25) is 18.1 Å². The molecule has 6 rings (SSSR count). The summed E-state index contributed by atoms with van der Waals surface area (Å²) in [5.74, 6) is 4.50. The molecular formula is C35H56O3Si. The molecule has 0 amide bonds. The number of ether oxygens (including phenoxy) is 2. The molecule has 4 saturated carbocycles. The Hall–Kier alpha value is -0.683. The van der Waals surface area contributed by atoms with E-state index in [1.54, 1.807) is 0 Å². The van der Waals surface area contributed by atoms with E-state index in [1.165, 1.54) is 50.5 Å². The monoisotopic (exact) mass is 552 g/mol. The van der Waals surface area contributed by atoms with Crippen LogP contribution in [0.4, 0.5) is 0 Å². The molecule has 3 nitrogen and oxygen atoms in total. The van der Waals surface area contributed by atoms with E-state index in [1.807, 2.05) is 0 Å². The Labute approximate surface area is 240 Å². The van der Waals surface area contributed by atoms with E-state index in [0.29, 0.717) is 46.0 Å². The van der Waals surface area contributed by atoms with E-state index in [2.05, 4.69) is 85.0 Å². The fraction of sp³-hybridized carbons (Fsp3) is 0.829. The first-order chi connectivity index (χ1) is 18.3. The molecule has 0 bridgehead atoms. The van der Waals surface area contributed by atoms with Crippen molar-refractivity contribution in [3.05, 3.63) is 35.9 Å². The maximum absolute atomic E-state index is 6.99. The van der Waals surface area contributed by atoms with Gasteiger partial charge in [-0.15, -0.1) is 0 Å². The smallest absolute Gasteiger partial charge is 0.192 e. The minimum absolute atomic E-state index is 0.294. The second-order valence-corrected chi connectivity index (χ2v) is 21.2. The fourth-order valence-corrected chi connectivity index (χ4v) is 11.7. The lowest BCUT2D eigenvalue weighted by Gasteiger charge is -2.62. The first kappa shape index (κ1) is 28.4. The predicted molar refractivity (Wildman–Crippen MR) is 162 cm³/mol. The highest BCUT2D eigenvalue weighted by atomic mass is 28.4. The van der Waals surface area contributed by atoms with Crippen molar-refractivity contribution >= 4 is 8.32 Å². The lowest BCUT2D eigenvalue weighted by Crippen LogP contribution is -2.56. The Morgan fingerprint density at radius 3 is 2.41 bits per heavy atom. The number of hydrogen-bond donors (Lipinski definition) is 0. The number of epoxide rings is 1. The van der Waals surface area contributed by atoms with Gasteiger partial charge >= 0.3 is 0 Å². The standard InChI is InChI=1S/C35H56O3Si/c1-23(21-36-22-24-12-10-9-11-13-24)29-31-32(37-31)30-27-15-14-25-20-26(38-39(7,8)33(2,3)4)16-18-34(25,5)28(27)17-19-35(29,30)6/h9-13,23,25-32H,14-22H2,1-8H3/t23-,25?,26+,27-,28+,29+,30-,31+,32-,34+,35-/m1/s1. The van der Waals surface area contributed by atoms with E-state index in [4.69, 9.17) is 13.9 Å². The molecule has 0 radical (unpaired) electrons. The van der Waals surface area contributed by atoms with Gasteiger partial charge in [0.2, 0.25) is 0 Å². The number of hydrogen-bond acceptors (Lipinski definition) is 3. The Bertz CT molecular complexity index is 1020. The van der Waals surface area contributed by atoms with Crippen LogP contribution in [-0.4, -0.2) is 33.2 Å². The van der Waals surface area contributed by atoms with Crippen LogP contribution in [0.3, 0.4) is 0 Å². The predicted octanol–water partition coefficient (Wildman–Crippen LogP) is 8.88. The van der Waals surface area contributed by atoms with Gasteiger partial charge in [-0.05, 0) is 115 Å². The van der Waals surface area contributed by atoms with Gasteiger partial charge in [0.25, 0.3) is 0 Å². The first-order valence-electron chi connectivity index (χ1n) is 16.3. The van der Waals surface area contributed by atoms with Crippen molar-refractivity contribution < 1.29 is 13.9 Å². The van der Waals surface area contributed by atoms with Crippen LogP contribution >= 0.6 is 0 Å². The highest BCUT2D eigenvalue weighted by Gasteiger charge is 2.72. The van der Waals surface area contributed by atoms with Crippen LogP contribution in [0.5, 0.6) is 0 Å². The van der Waals surface area contributed by atoms with Gasteiger partial charge < -0.3 is 13.9 Å². The summed E-state index contributed by atoms with van der Waals surface area (Å²) < 4.78 is 19.8. The topological polar surface area (TPSA) is 31.0 Å². The van der Waals surface area contributed by atoms with Gasteiger partial charge in [-0.2, -0.15) is 0 Å². The van der Waals surface area contributed by atoms with Gasteiger partial charge in [0.1, 0.15) is 0 Å². The third-order valence-electron chi connectivity index (χ3n) is 13.3. The van der Waals surface area contributed by atoms with Gasteiger partial charge in [-0.1, -0.05) is 71.9 Å². The summed E-state index contributed by atoms with van der Waals surface area (Å²) in [7, 11) is -1.71. The lowest BCUT2D eigenvalue weighted by molar-refractivity contribution is -0.147. The molecule has 0 N–H and O–H groups in total. The quantitative estimate of drug-likeness (QED) is 0.250. The third kappa shape index (κ3) is 4.82. The maximum Gasteiger partial charge on any atom is 0.192 e.